The van der Waals surface area contributed by atoms with Crippen molar-refractivity contribution in [2.75, 3.05) is 13.1 Å². The molecule has 0 N–H and O–H groups in total. The van der Waals surface area contributed by atoms with Gasteiger partial charge >= 0.3 is 0 Å². The maximum atomic E-state index is 13.1. The number of hydrogen-bond donors (Lipinski definition) is 0. The van der Waals surface area contributed by atoms with E-state index in [0.29, 0.717) is 23.7 Å². The fourth-order valence-corrected chi connectivity index (χ4v) is 6.64. The first-order chi connectivity index (χ1) is 15.1. The third kappa shape index (κ3) is 3.75. The Hall–Kier alpha value is -2.36. The molecule has 3 aromatic heterocycles. The monoisotopic (exact) mass is 455 g/mol. The van der Waals surface area contributed by atoms with E-state index >= 15 is 0 Å². The lowest BCUT2D eigenvalue weighted by Gasteiger charge is -2.25. The third-order valence-electron chi connectivity index (χ3n) is 5.80. The van der Waals surface area contributed by atoms with Crippen molar-refractivity contribution in [3.8, 4) is 0 Å². The summed E-state index contributed by atoms with van der Waals surface area (Å²) in [6, 6.07) is 11.4. The van der Waals surface area contributed by atoms with Gasteiger partial charge in [-0.2, -0.15) is 4.31 Å². The fraction of sp³-hybridized carbons (Fsp3) is 0.364. The molecule has 4 aromatic rings. The van der Waals surface area contributed by atoms with Crippen LogP contribution in [0.2, 0.25) is 0 Å². The maximum Gasteiger partial charge on any atom is 0.243 e. The molecule has 1 aromatic carbocycles. The number of sulfonamides is 1. The van der Waals surface area contributed by atoms with Gasteiger partial charge in [0.25, 0.3) is 0 Å². The largest absolute Gasteiger partial charge is 0.328 e. The first-order valence-corrected chi connectivity index (χ1v) is 13.0. The number of imidazole rings is 2. The molecule has 0 amide bonds. The number of pyridine rings is 1. The second kappa shape index (κ2) is 8.29. The number of benzene rings is 1. The lowest BCUT2D eigenvalue weighted by atomic mass is 10.2. The Morgan fingerprint density at radius 1 is 1.10 bits per heavy atom. The third-order valence-corrected chi connectivity index (χ3v) is 8.66. The average Bonchev–Trinajstić information content (AvgIpc) is 3.38. The highest BCUT2D eigenvalue weighted by Crippen LogP contribution is 2.28. The zero-order valence-corrected chi connectivity index (χ0v) is 19.1. The van der Waals surface area contributed by atoms with Crippen molar-refractivity contribution in [2.45, 2.75) is 48.5 Å². The molecule has 0 bridgehead atoms. The van der Waals surface area contributed by atoms with Crippen molar-refractivity contribution in [1.29, 1.82) is 0 Å². The maximum absolute atomic E-state index is 13.1. The van der Waals surface area contributed by atoms with Gasteiger partial charge < -0.3 is 4.57 Å². The molecule has 0 atom stereocenters. The molecule has 1 aliphatic rings. The highest BCUT2D eigenvalue weighted by molar-refractivity contribution is 7.98. The van der Waals surface area contributed by atoms with E-state index in [-0.39, 0.29) is 0 Å². The van der Waals surface area contributed by atoms with E-state index in [2.05, 4.69) is 20.9 Å². The van der Waals surface area contributed by atoms with Gasteiger partial charge in [0.2, 0.25) is 10.0 Å². The van der Waals surface area contributed by atoms with Crippen molar-refractivity contribution in [1.82, 2.24) is 23.2 Å². The normalized spacial score (nSPS) is 15.8. The Kier molecular flexibility index (Phi) is 5.49. The Balaban J connectivity index is 1.45. The SMILES string of the molecule is CCn1c(CSc2ncc3ccccn23)nc2cc(S(=O)(=O)N3CCCCC3)ccc21. The van der Waals surface area contributed by atoms with Gasteiger partial charge in [0.1, 0.15) is 5.82 Å². The molecule has 1 aliphatic heterocycles. The molecule has 162 valence electrons. The molecule has 0 spiro atoms. The first kappa shape index (κ1) is 20.5. The van der Waals surface area contributed by atoms with Gasteiger partial charge in [0.05, 0.1) is 33.4 Å². The minimum atomic E-state index is -3.47. The average molecular weight is 456 g/mol. The van der Waals surface area contributed by atoms with Gasteiger partial charge in [-0.15, -0.1) is 0 Å². The lowest BCUT2D eigenvalue weighted by molar-refractivity contribution is 0.346. The summed E-state index contributed by atoms with van der Waals surface area (Å²) in [6.45, 7) is 4.05. The van der Waals surface area contributed by atoms with Crippen molar-refractivity contribution in [3.63, 3.8) is 0 Å². The van der Waals surface area contributed by atoms with Gasteiger partial charge in [-0.1, -0.05) is 24.2 Å². The smallest absolute Gasteiger partial charge is 0.243 e. The molecule has 0 aliphatic carbocycles. The van der Waals surface area contributed by atoms with E-state index in [1.807, 2.05) is 36.7 Å². The first-order valence-electron chi connectivity index (χ1n) is 10.6. The van der Waals surface area contributed by atoms with E-state index in [4.69, 9.17) is 4.98 Å². The standard InChI is InChI=1S/C22H25N5O2S2/c1-2-26-20-10-9-18(31(28,29)25-11-5-3-6-12-25)14-19(20)24-21(26)16-30-22-23-15-17-8-4-7-13-27(17)22/h4,7-10,13-15H,2-3,5-6,11-12,16H2,1H3. The van der Waals surface area contributed by atoms with Crippen molar-refractivity contribution < 1.29 is 8.42 Å². The number of fused-ring (bicyclic) bond motifs is 2. The van der Waals surface area contributed by atoms with Gasteiger partial charge in [0, 0.05) is 25.8 Å². The molecule has 0 radical (unpaired) electrons. The Labute approximate surface area is 186 Å². The molecule has 1 saturated heterocycles. The van der Waals surface area contributed by atoms with Crippen LogP contribution in [0, 0.1) is 0 Å². The van der Waals surface area contributed by atoms with Crippen LogP contribution in [-0.4, -0.2) is 44.7 Å². The molecule has 1 fully saturated rings. The summed E-state index contributed by atoms with van der Waals surface area (Å²) in [4.78, 5) is 9.66. The van der Waals surface area contributed by atoms with E-state index in [1.165, 1.54) is 0 Å². The fourth-order valence-electron chi connectivity index (χ4n) is 4.19. The van der Waals surface area contributed by atoms with Gasteiger partial charge in [-0.3, -0.25) is 4.40 Å². The Morgan fingerprint density at radius 2 is 1.94 bits per heavy atom. The number of aromatic nitrogens is 4. The lowest BCUT2D eigenvalue weighted by Crippen LogP contribution is -2.35. The van der Waals surface area contributed by atoms with Gasteiger partial charge in [-0.05, 0) is 50.1 Å². The van der Waals surface area contributed by atoms with Crippen LogP contribution in [0.5, 0.6) is 0 Å². The summed E-state index contributed by atoms with van der Waals surface area (Å²) < 4.78 is 32.0. The topological polar surface area (TPSA) is 72.5 Å². The van der Waals surface area contributed by atoms with Gasteiger partial charge in [0.15, 0.2) is 5.16 Å². The molecule has 9 heteroatoms. The van der Waals surface area contributed by atoms with Crippen LogP contribution in [0.1, 0.15) is 32.0 Å². The quantitative estimate of drug-likeness (QED) is 0.408. The number of nitrogens with zero attached hydrogens (tertiary/aromatic N) is 5. The highest BCUT2D eigenvalue weighted by atomic mass is 32.2. The predicted octanol–water partition coefficient (Wildman–Crippen LogP) is 4.17. The number of thioether (sulfide) groups is 1. The van der Waals surface area contributed by atoms with E-state index in [0.717, 1.165) is 53.3 Å². The number of aryl methyl sites for hydroxylation is 1. The molecule has 0 unspecified atom stereocenters. The van der Waals surface area contributed by atoms with Gasteiger partial charge in [-0.25, -0.2) is 18.4 Å². The molecular weight excluding hydrogens is 430 g/mol. The van der Waals surface area contributed by atoms with Crippen LogP contribution < -0.4 is 0 Å². The molecule has 0 saturated carbocycles. The van der Waals surface area contributed by atoms with Crippen LogP contribution in [0.15, 0.2) is 58.8 Å². The summed E-state index contributed by atoms with van der Waals surface area (Å²) >= 11 is 1.63. The Morgan fingerprint density at radius 3 is 2.74 bits per heavy atom. The number of hydrogen-bond acceptors (Lipinski definition) is 5. The Bertz CT molecular complexity index is 1340. The second-order valence-corrected chi connectivity index (χ2v) is 10.6. The van der Waals surface area contributed by atoms with E-state index < -0.39 is 10.0 Å². The highest BCUT2D eigenvalue weighted by Gasteiger charge is 2.26. The van der Waals surface area contributed by atoms with Crippen molar-refractivity contribution >= 4 is 38.3 Å². The summed E-state index contributed by atoms with van der Waals surface area (Å²) in [5, 5.41) is 0.915. The van der Waals surface area contributed by atoms with Crippen molar-refractivity contribution in [2.24, 2.45) is 0 Å². The van der Waals surface area contributed by atoms with Crippen LogP contribution in [0.25, 0.3) is 16.6 Å². The molecular formula is C22H25N5O2S2. The summed E-state index contributed by atoms with van der Waals surface area (Å²) in [7, 11) is -3.47. The van der Waals surface area contributed by atoms with E-state index in [1.54, 1.807) is 28.2 Å². The summed E-state index contributed by atoms with van der Waals surface area (Å²) in [6.07, 6.45) is 6.82. The summed E-state index contributed by atoms with van der Waals surface area (Å²) in [5.74, 6) is 1.58. The van der Waals surface area contributed by atoms with Crippen molar-refractivity contribution in [3.05, 3.63) is 54.6 Å². The van der Waals surface area contributed by atoms with Crippen LogP contribution >= 0.6 is 11.8 Å². The predicted molar refractivity (Wildman–Crippen MR) is 123 cm³/mol. The van der Waals surface area contributed by atoms with Crippen LogP contribution in [0.3, 0.4) is 0 Å². The molecule has 4 heterocycles. The van der Waals surface area contributed by atoms with E-state index in [9.17, 15) is 8.42 Å². The molecule has 5 rings (SSSR count). The van der Waals surface area contributed by atoms with Crippen LogP contribution in [0.4, 0.5) is 0 Å². The van der Waals surface area contributed by atoms with Crippen LogP contribution in [-0.2, 0) is 22.3 Å². The zero-order valence-electron chi connectivity index (χ0n) is 17.4. The number of piperidine rings is 1. The number of rotatable bonds is 6. The molecule has 7 nitrogen and oxygen atoms in total. The summed E-state index contributed by atoms with van der Waals surface area (Å²) in [5.41, 5.74) is 2.74. The zero-order chi connectivity index (χ0) is 21.4. The minimum Gasteiger partial charge on any atom is -0.328 e. The minimum absolute atomic E-state index is 0.334. The second-order valence-electron chi connectivity index (χ2n) is 7.71. The molecule has 31 heavy (non-hydrogen) atoms.